The average Bonchev–Trinajstić information content (AvgIpc) is 3.26. The van der Waals surface area contributed by atoms with Gasteiger partial charge in [-0.15, -0.1) is 0 Å². The van der Waals surface area contributed by atoms with E-state index in [-0.39, 0.29) is 5.75 Å². The van der Waals surface area contributed by atoms with Crippen LogP contribution in [-0.2, 0) is 4.74 Å². The molecule has 0 spiro atoms. The molecule has 5 rings (SSSR count). The third-order valence-electron chi connectivity index (χ3n) is 5.51. The van der Waals surface area contributed by atoms with Gasteiger partial charge in [0.25, 0.3) is 0 Å². The molecule has 1 aliphatic heterocycles. The predicted molar refractivity (Wildman–Crippen MR) is 144 cm³/mol. The van der Waals surface area contributed by atoms with Crippen LogP contribution >= 0.6 is 23.8 Å². The third kappa shape index (κ3) is 5.09. The van der Waals surface area contributed by atoms with Crippen LogP contribution in [0.3, 0.4) is 0 Å². The number of phenols is 1. The summed E-state index contributed by atoms with van der Waals surface area (Å²) in [5, 5.41) is 16.0. The van der Waals surface area contributed by atoms with Crippen molar-refractivity contribution in [2.45, 2.75) is 6.23 Å². The Labute approximate surface area is 214 Å². The number of nitrogens with one attached hydrogen (secondary N) is 2. The molecule has 0 fully saturated rings. The maximum absolute atomic E-state index is 9.83. The first-order chi connectivity index (χ1) is 17.1. The van der Waals surface area contributed by atoms with E-state index >= 15 is 0 Å². The van der Waals surface area contributed by atoms with Gasteiger partial charge in [-0.1, -0.05) is 72.3 Å². The van der Waals surface area contributed by atoms with E-state index in [1.165, 1.54) is 0 Å². The van der Waals surface area contributed by atoms with Crippen molar-refractivity contribution in [1.29, 1.82) is 0 Å². The van der Waals surface area contributed by atoms with Crippen LogP contribution in [0.4, 0.5) is 5.69 Å². The number of thiocarbonyl (C=S) groups is 1. The van der Waals surface area contributed by atoms with Crippen molar-refractivity contribution < 1.29 is 9.84 Å². The molecule has 0 saturated heterocycles. The largest absolute Gasteiger partial charge is 0.508 e. The quantitative estimate of drug-likeness (QED) is 0.262. The molecule has 0 bridgehead atoms. The van der Waals surface area contributed by atoms with E-state index in [9.17, 15) is 5.11 Å². The van der Waals surface area contributed by atoms with Crippen molar-refractivity contribution in [3.8, 4) is 5.75 Å². The van der Waals surface area contributed by atoms with Crippen molar-refractivity contribution in [2.75, 3.05) is 5.32 Å². The average molecular weight is 500 g/mol. The number of hydrogen-bond acceptors (Lipinski definition) is 4. The Kier molecular flexibility index (Phi) is 6.57. The third-order valence-corrected chi connectivity index (χ3v) is 5.95. The maximum Gasteiger partial charge on any atom is 0.216 e. The Morgan fingerprint density at radius 1 is 0.800 bits per heavy atom. The molecule has 1 atom stereocenters. The van der Waals surface area contributed by atoms with Crippen molar-refractivity contribution in [1.82, 2.24) is 10.4 Å². The van der Waals surface area contributed by atoms with Gasteiger partial charge in [-0.25, -0.2) is 5.01 Å². The number of hydrogen-bond donors (Lipinski definition) is 3. The van der Waals surface area contributed by atoms with Gasteiger partial charge in [-0.2, -0.15) is 0 Å². The summed E-state index contributed by atoms with van der Waals surface area (Å²) in [6.07, 6.45) is -0.536. The number of nitrogens with zero attached hydrogens (tertiary/aromatic N) is 1. The highest BCUT2D eigenvalue weighted by atomic mass is 35.5. The minimum Gasteiger partial charge on any atom is -0.508 e. The summed E-state index contributed by atoms with van der Waals surface area (Å²) in [6.45, 7) is 0. The van der Waals surface area contributed by atoms with Gasteiger partial charge >= 0.3 is 0 Å². The number of benzene rings is 4. The molecule has 3 N–H and O–H groups in total. The zero-order valence-electron chi connectivity index (χ0n) is 18.6. The molecule has 7 heteroatoms. The topological polar surface area (TPSA) is 56.8 Å². The molecule has 1 heterocycles. The monoisotopic (exact) mass is 499 g/mol. The van der Waals surface area contributed by atoms with E-state index in [1.807, 2.05) is 89.9 Å². The van der Waals surface area contributed by atoms with Gasteiger partial charge in [0.1, 0.15) is 11.4 Å². The number of anilines is 1. The van der Waals surface area contributed by atoms with Crippen molar-refractivity contribution in [3.63, 3.8) is 0 Å². The number of halogens is 1. The van der Waals surface area contributed by atoms with Gasteiger partial charge in [-0.3, -0.25) is 5.43 Å². The molecule has 4 aromatic carbocycles. The van der Waals surface area contributed by atoms with E-state index in [1.54, 1.807) is 24.3 Å². The summed E-state index contributed by atoms with van der Waals surface area (Å²) in [6, 6.07) is 34.2. The molecule has 5 nitrogen and oxygen atoms in total. The fourth-order valence-electron chi connectivity index (χ4n) is 3.88. The first-order valence-electron chi connectivity index (χ1n) is 11.0. The lowest BCUT2D eigenvalue weighted by molar-refractivity contribution is 0.0564. The predicted octanol–water partition coefficient (Wildman–Crippen LogP) is 6.80. The second-order valence-corrected chi connectivity index (χ2v) is 8.76. The van der Waals surface area contributed by atoms with Gasteiger partial charge in [0.15, 0.2) is 10.9 Å². The highest BCUT2D eigenvalue weighted by Crippen LogP contribution is 2.44. The minimum absolute atomic E-state index is 0.186. The molecule has 0 amide bonds. The molecule has 1 aliphatic rings. The highest BCUT2D eigenvalue weighted by molar-refractivity contribution is 7.80. The Balaban J connectivity index is 1.56. The fourth-order valence-corrected chi connectivity index (χ4v) is 4.22. The van der Waals surface area contributed by atoms with Crippen LogP contribution in [0.1, 0.15) is 22.9 Å². The van der Waals surface area contributed by atoms with E-state index in [2.05, 4.69) is 10.7 Å². The lowest BCUT2D eigenvalue weighted by Gasteiger charge is -2.29. The second-order valence-electron chi connectivity index (χ2n) is 7.91. The van der Waals surface area contributed by atoms with Crippen LogP contribution in [-0.4, -0.2) is 15.2 Å². The summed E-state index contributed by atoms with van der Waals surface area (Å²) < 4.78 is 6.58. The van der Waals surface area contributed by atoms with Crippen LogP contribution in [0.2, 0.25) is 5.02 Å². The smallest absolute Gasteiger partial charge is 0.216 e. The Morgan fingerprint density at radius 3 is 2.03 bits per heavy atom. The van der Waals surface area contributed by atoms with Gasteiger partial charge in [0.2, 0.25) is 6.23 Å². The number of hydrazine groups is 1. The number of phenolic OH excluding ortho intramolecular Hbond substituents is 1. The van der Waals surface area contributed by atoms with Gasteiger partial charge in [0, 0.05) is 27.4 Å². The molecular formula is C28H22ClN3O2S. The number of ether oxygens (including phenoxy) is 1. The Hall–Kier alpha value is -4.00. The first kappa shape index (κ1) is 22.8. The number of rotatable bonds is 5. The van der Waals surface area contributed by atoms with Crippen LogP contribution in [0.25, 0.3) is 11.5 Å². The fraction of sp³-hybridized carbons (Fsp3) is 0.0357. The van der Waals surface area contributed by atoms with Gasteiger partial charge in [0.05, 0.1) is 0 Å². The molecule has 1 unspecified atom stereocenters. The molecule has 4 aromatic rings. The summed E-state index contributed by atoms with van der Waals surface area (Å²) in [5.41, 5.74) is 7.74. The first-order valence-corrected chi connectivity index (χ1v) is 11.8. The summed E-state index contributed by atoms with van der Waals surface area (Å²) in [4.78, 5) is 0. The van der Waals surface area contributed by atoms with Crippen LogP contribution in [0.15, 0.2) is 109 Å². The standard InChI is InChI=1S/C28H22ClN3O2S/c29-22-13-15-23(16-14-22)30-28(35)31-32-25(19-7-3-1-4-8-19)26(20-9-5-2-6-10-20)34-27(32)21-11-17-24(33)18-12-21/h1-18,27,33H,(H2,30,31,35). The van der Waals surface area contributed by atoms with Crippen molar-refractivity contribution >= 4 is 46.1 Å². The zero-order valence-corrected chi connectivity index (χ0v) is 20.1. The van der Waals surface area contributed by atoms with Crippen LogP contribution in [0, 0.1) is 0 Å². The minimum atomic E-state index is -0.536. The molecular weight excluding hydrogens is 478 g/mol. The maximum atomic E-state index is 9.83. The van der Waals surface area contributed by atoms with Gasteiger partial charge in [-0.05, 0) is 60.7 Å². The highest BCUT2D eigenvalue weighted by Gasteiger charge is 2.37. The summed E-state index contributed by atoms with van der Waals surface area (Å²) >= 11 is 11.7. The molecule has 0 saturated carbocycles. The summed E-state index contributed by atoms with van der Waals surface area (Å²) in [7, 11) is 0. The van der Waals surface area contributed by atoms with Crippen LogP contribution < -0.4 is 10.7 Å². The van der Waals surface area contributed by atoms with E-state index in [0.717, 1.165) is 33.8 Å². The Morgan fingerprint density at radius 2 is 1.40 bits per heavy atom. The van der Waals surface area contributed by atoms with E-state index < -0.39 is 6.23 Å². The molecule has 0 aliphatic carbocycles. The SMILES string of the molecule is Oc1ccc(C2OC(c3ccccc3)=C(c3ccccc3)N2NC(=S)Nc2ccc(Cl)cc2)cc1. The van der Waals surface area contributed by atoms with Gasteiger partial charge < -0.3 is 15.2 Å². The normalized spacial score (nSPS) is 15.0. The van der Waals surface area contributed by atoms with Crippen molar-refractivity contribution in [3.05, 3.63) is 131 Å². The zero-order chi connectivity index (χ0) is 24.2. The number of aromatic hydroxyl groups is 1. The Bertz CT molecular complexity index is 1340. The van der Waals surface area contributed by atoms with E-state index in [0.29, 0.717) is 10.1 Å². The van der Waals surface area contributed by atoms with Crippen molar-refractivity contribution in [2.24, 2.45) is 0 Å². The summed E-state index contributed by atoms with van der Waals surface area (Å²) in [5.74, 6) is 0.905. The lowest BCUT2D eigenvalue weighted by Crippen LogP contribution is -2.43. The lowest BCUT2D eigenvalue weighted by atomic mass is 10.1. The van der Waals surface area contributed by atoms with Crippen LogP contribution in [0.5, 0.6) is 5.75 Å². The molecule has 174 valence electrons. The van der Waals surface area contributed by atoms with E-state index in [4.69, 9.17) is 28.6 Å². The second kappa shape index (κ2) is 10.1. The molecule has 0 radical (unpaired) electrons. The molecule has 0 aromatic heterocycles. The molecule has 35 heavy (non-hydrogen) atoms.